The molecule has 0 aliphatic carbocycles. The zero-order chi connectivity index (χ0) is 16.5. The van der Waals surface area contributed by atoms with Crippen molar-refractivity contribution in [3.8, 4) is 0 Å². The number of nitrogens with zero attached hydrogens (tertiary/aromatic N) is 3. The van der Waals surface area contributed by atoms with E-state index in [4.69, 9.17) is 11.6 Å². The van der Waals surface area contributed by atoms with Gasteiger partial charge in [-0.3, -0.25) is 9.48 Å². The second-order valence-electron chi connectivity index (χ2n) is 6.17. The van der Waals surface area contributed by atoms with Crippen LogP contribution in [0.2, 0.25) is 5.02 Å². The molecule has 0 saturated carbocycles. The van der Waals surface area contributed by atoms with Gasteiger partial charge in [0, 0.05) is 25.6 Å². The molecule has 0 radical (unpaired) electrons. The second kappa shape index (κ2) is 6.56. The molecule has 0 bridgehead atoms. The molecule has 2 N–H and O–H groups in total. The molecule has 2 rings (SSSR count). The molecule has 124 valence electrons. The topological polar surface area (TPSA) is 78.6 Å². The van der Waals surface area contributed by atoms with Crippen LogP contribution in [-0.2, 0) is 7.05 Å². The van der Waals surface area contributed by atoms with Crippen molar-refractivity contribution in [3.05, 3.63) is 16.4 Å². The molecular weight excluding hydrogens is 306 g/mol. The van der Waals surface area contributed by atoms with Gasteiger partial charge in [0.2, 0.25) is 0 Å². The van der Waals surface area contributed by atoms with Crippen molar-refractivity contribution < 1.29 is 15.0 Å². The Kier molecular flexibility index (Phi) is 5.14. The van der Waals surface area contributed by atoms with E-state index in [0.717, 1.165) is 6.42 Å². The fraction of sp³-hybridized carbons (Fsp3) is 0.733. The zero-order valence-electron chi connectivity index (χ0n) is 13.3. The highest BCUT2D eigenvalue weighted by molar-refractivity contribution is 6.34. The minimum Gasteiger partial charge on any atom is -0.396 e. The van der Waals surface area contributed by atoms with E-state index < -0.39 is 11.5 Å². The lowest BCUT2D eigenvalue weighted by molar-refractivity contribution is -0.0721. The third kappa shape index (κ3) is 2.87. The van der Waals surface area contributed by atoms with E-state index in [1.54, 1.807) is 18.9 Å². The van der Waals surface area contributed by atoms with Crippen molar-refractivity contribution >= 4 is 17.5 Å². The number of amides is 1. The lowest BCUT2D eigenvalue weighted by Crippen LogP contribution is -2.55. The molecule has 1 aliphatic heterocycles. The van der Waals surface area contributed by atoms with E-state index in [9.17, 15) is 15.0 Å². The lowest BCUT2D eigenvalue weighted by Gasteiger charge is -2.45. The number of hydrogen-bond donors (Lipinski definition) is 2. The van der Waals surface area contributed by atoms with Crippen LogP contribution >= 0.6 is 11.6 Å². The quantitative estimate of drug-likeness (QED) is 0.874. The van der Waals surface area contributed by atoms with Crippen LogP contribution in [0.15, 0.2) is 0 Å². The average Bonchev–Trinajstić information content (AvgIpc) is 2.74. The van der Waals surface area contributed by atoms with Crippen LogP contribution in [0.25, 0.3) is 0 Å². The van der Waals surface area contributed by atoms with Crippen LogP contribution < -0.4 is 0 Å². The van der Waals surface area contributed by atoms with Crippen molar-refractivity contribution in [1.82, 2.24) is 14.7 Å². The molecule has 1 saturated heterocycles. The van der Waals surface area contributed by atoms with Gasteiger partial charge < -0.3 is 15.1 Å². The molecule has 1 amide bonds. The molecule has 22 heavy (non-hydrogen) atoms. The summed E-state index contributed by atoms with van der Waals surface area (Å²) < 4.78 is 1.49. The zero-order valence-corrected chi connectivity index (χ0v) is 14.1. The van der Waals surface area contributed by atoms with Crippen molar-refractivity contribution in [2.24, 2.45) is 12.5 Å². The number of rotatable bonds is 4. The molecular formula is C15H24ClN3O3. The highest BCUT2D eigenvalue weighted by Crippen LogP contribution is 2.35. The van der Waals surface area contributed by atoms with Crippen LogP contribution in [0, 0.1) is 12.3 Å². The summed E-state index contributed by atoms with van der Waals surface area (Å²) in [6, 6.07) is 0. The number of aromatic nitrogens is 2. The first-order valence-electron chi connectivity index (χ1n) is 7.63. The van der Waals surface area contributed by atoms with Crippen molar-refractivity contribution in [2.75, 3.05) is 19.7 Å². The van der Waals surface area contributed by atoms with Gasteiger partial charge in [0.25, 0.3) is 5.91 Å². The van der Waals surface area contributed by atoms with Crippen LogP contribution in [0.1, 0.15) is 42.4 Å². The Labute approximate surface area is 135 Å². The van der Waals surface area contributed by atoms with E-state index in [-0.39, 0.29) is 12.5 Å². The first kappa shape index (κ1) is 17.2. The van der Waals surface area contributed by atoms with Crippen molar-refractivity contribution in [2.45, 2.75) is 39.2 Å². The lowest BCUT2D eigenvalue weighted by atomic mass is 9.74. The normalized spacial score (nSPS) is 25.5. The molecule has 6 nitrogen and oxygen atoms in total. The molecule has 2 atom stereocenters. The number of carbonyl (C=O) groups excluding carboxylic acids is 1. The summed E-state index contributed by atoms with van der Waals surface area (Å²) in [5.41, 5.74) is 0.327. The maximum absolute atomic E-state index is 12.8. The molecule has 1 aliphatic rings. The smallest absolute Gasteiger partial charge is 0.273 e. The van der Waals surface area contributed by atoms with Crippen LogP contribution in [0.3, 0.4) is 0 Å². The number of hydrogen-bond acceptors (Lipinski definition) is 4. The summed E-state index contributed by atoms with van der Waals surface area (Å²) in [5.74, 6) is -0.200. The molecule has 1 aromatic rings. The standard InChI is InChI=1S/C15H24ClN3O3/c1-4-6-15(9-20)8-19(7-5-11(15)21)14(22)13-12(16)10(2)17-18(13)3/h11,20-21H,4-9H2,1-3H3/t11-,15-/m0/s1. The number of likely N-dealkylation sites (tertiary alicyclic amines) is 1. The molecule has 0 unspecified atom stereocenters. The average molecular weight is 330 g/mol. The van der Waals surface area contributed by atoms with Crippen LogP contribution in [0.4, 0.5) is 0 Å². The fourth-order valence-corrected chi connectivity index (χ4v) is 3.56. The largest absolute Gasteiger partial charge is 0.396 e. The maximum Gasteiger partial charge on any atom is 0.273 e. The first-order chi connectivity index (χ1) is 10.4. The summed E-state index contributed by atoms with van der Waals surface area (Å²) in [7, 11) is 1.69. The molecule has 1 aromatic heterocycles. The first-order valence-corrected chi connectivity index (χ1v) is 8.01. The third-order valence-corrected chi connectivity index (χ3v) is 5.04. The second-order valence-corrected chi connectivity index (χ2v) is 6.55. The summed E-state index contributed by atoms with van der Waals surface area (Å²) in [4.78, 5) is 14.5. The maximum atomic E-state index is 12.8. The number of aliphatic hydroxyl groups excluding tert-OH is 2. The van der Waals surface area contributed by atoms with Gasteiger partial charge in [-0.05, 0) is 19.8 Å². The Bertz CT molecular complexity index is 560. The van der Waals surface area contributed by atoms with E-state index in [0.29, 0.717) is 42.3 Å². The Morgan fingerprint density at radius 3 is 2.73 bits per heavy atom. The molecule has 0 aromatic carbocycles. The summed E-state index contributed by atoms with van der Waals surface area (Å²) in [6.07, 6.45) is 1.38. The van der Waals surface area contributed by atoms with E-state index in [1.807, 2.05) is 6.92 Å². The van der Waals surface area contributed by atoms with Crippen molar-refractivity contribution in [1.29, 1.82) is 0 Å². The van der Waals surface area contributed by atoms with Crippen LogP contribution in [0.5, 0.6) is 0 Å². The summed E-state index contributed by atoms with van der Waals surface area (Å²) >= 11 is 6.19. The van der Waals surface area contributed by atoms with Crippen LogP contribution in [-0.4, -0.2) is 56.6 Å². The van der Waals surface area contributed by atoms with Gasteiger partial charge in [0.05, 0.1) is 23.4 Å². The van der Waals surface area contributed by atoms with Gasteiger partial charge in [-0.1, -0.05) is 24.9 Å². The predicted molar refractivity (Wildman–Crippen MR) is 83.9 cm³/mol. The van der Waals surface area contributed by atoms with E-state index in [1.165, 1.54) is 4.68 Å². The monoisotopic (exact) mass is 329 g/mol. The Morgan fingerprint density at radius 2 is 2.23 bits per heavy atom. The van der Waals surface area contributed by atoms with Gasteiger partial charge in [0.15, 0.2) is 0 Å². The molecule has 7 heteroatoms. The van der Waals surface area contributed by atoms with E-state index >= 15 is 0 Å². The van der Waals surface area contributed by atoms with Gasteiger partial charge >= 0.3 is 0 Å². The minimum atomic E-state index is -0.650. The highest BCUT2D eigenvalue weighted by atomic mass is 35.5. The fourth-order valence-electron chi connectivity index (χ4n) is 3.31. The summed E-state index contributed by atoms with van der Waals surface area (Å²) in [5, 5.41) is 24.6. The van der Waals surface area contributed by atoms with Gasteiger partial charge in [-0.2, -0.15) is 5.10 Å². The highest BCUT2D eigenvalue weighted by Gasteiger charge is 2.43. The van der Waals surface area contributed by atoms with Crippen molar-refractivity contribution in [3.63, 3.8) is 0 Å². The van der Waals surface area contributed by atoms with E-state index in [2.05, 4.69) is 5.10 Å². The number of aliphatic hydroxyl groups is 2. The summed E-state index contributed by atoms with van der Waals surface area (Å²) in [6.45, 7) is 4.41. The van der Waals surface area contributed by atoms with Gasteiger partial charge in [-0.25, -0.2) is 0 Å². The number of halogens is 1. The third-order valence-electron chi connectivity index (χ3n) is 4.59. The minimum absolute atomic E-state index is 0.135. The Hall–Kier alpha value is -1.11. The number of carbonyl (C=O) groups is 1. The van der Waals surface area contributed by atoms with Gasteiger partial charge in [0.1, 0.15) is 5.69 Å². The molecule has 1 fully saturated rings. The Balaban J connectivity index is 2.27. The molecule has 0 spiro atoms. The van der Waals surface area contributed by atoms with Gasteiger partial charge in [-0.15, -0.1) is 0 Å². The predicted octanol–water partition coefficient (Wildman–Crippen LogP) is 1.37. The number of aryl methyl sites for hydroxylation is 2. The Morgan fingerprint density at radius 1 is 1.55 bits per heavy atom. The molecule has 2 heterocycles. The number of piperidine rings is 1. The SMILES string of the molecule is CCC[C@@]1(CO)CN(C(=O)c2c(Cl)c(C)nn2C)CC[C@@H]1O.